The molecule has 2 aliphatic carbocycles. The Morgan fingerprint density at radius 1 is 0.729 bits per heavy atom. The fourth-order valence-corrected chi connectivity index (χ4v) is 8.61. The SMILES string of the molecule is CCC1=C(C)C2=NC1=Cc1nc(c3c4cccc5cccc(c1=3)c54)=Cc1[nH]c(c(C)c1CC)C=C1c3ccccc3C(=C2)C1(OC)OC. The van der Waals surface area contributed by atoms with Crippen LogP contribution >= 0.6 is 0 Å². The molecule has 1 aromatic heterocycles. The maximum Gasteiger partial charge on any atom is 0.223 e. The van der Waals surface area contributed by atoms with Gasteiger partial charge < -0.3 is 14.5 Å². The van der Waals surface area contributed by atoms with Crippen LogP contribution in [0.5, 0.6) is 0 Å². The van der Waals surface area contributed by atoms with Crippen LogP contribution in [0.2, 0.25) is 0 Å². The molecule has 1 N–H and O–H groups in total. The zero-order valence-electron chi connectivity index (χ0n) is 28.2. The lowest BCUT2D eigenvalue weighted by atomic mass is 9.97. The van der Waals surface area contributed by atoms with E-state index in [2.05, 4.69) is 118 Å². The molecule has 8 bridgehead atoms. The van der Waals surface area contributed by atoms with Crippen LogP contribution in [-0.2, 0) is 15.9 Å². The molecule has 0 amide bonds. The Hall–Kier alpha value is -5.10. The third-order valence-corrected chi connectivity index (χ3v) is 10.9. The first-order valence-corrected chi connectivity index (χ1v) is 16.9. The molecule has 3 aromatic carbocycles. The van der Waals surface area contributed by atoms with E-state index in [-0.39, 0.29) is 0 Å². The number of benzene rings is 3. The zero-order chi connectivity index (χ0) is 32.9. The number of ether oxygens (including phenoxy) is 2. The third kappa shape index (κ3) is 3.74. The number of aliphatic imine (C=N–C) groups is 1. The summed E-state index contributed by atoms with van der Waals surface area (Å²) in [5, 5.41) is 8.38. The van der Waals surface area contributed by atoms with Gasteiger partial charge in [0.2, 0.25) is 5.79 Å². The number of allylic oxidation sites excluding steroid dienone is 3. The van der Waals surface area contributed by atoms with E-state index < -0.39 is 5.79 Å². The van der Waals surface area contributed by atoms with Gasteiger partial charge in [0.15, 0.2) is 0 Å². The third-order valence-electron chi connectivity index (χ3n) is 10.9. The van der Waals surface area contributed by atoms with Crippen LogP contribution in [-0.4, -0.2) is 35.7 Å². The summed E-state index contributed by atoms with van der Waals surface area (Å²) in [6.45, 7) is 8.81. The summed E-state index contributed by atoms with van der Waals surface area (Å²) in [6.07, 6.45) is 10.6. The Morgan fingerprint density at radius 2 is 1.42 bits per heavy atom. The number of nitrogens with zero attached hydrogens (tertiary/aromatic N) is 2. The fourth-order valence-electron chi connectivity index (χ4n) is 8.61. The normalized spacial score (nSPS) is 16.8. The lowest BCUT2D eigenvalue weighted by molar-refractivity contribution is -0.113. The minimum Gasteiger partial charge on any atom is -0.355 e. The van der Waals surface area contributed by atoms with Crippen molar-refractivity contribution in [1.82, 2.24) is 9.97 Å². The molecule has 5 aliphatic rings. The lowest BCUT2D eigenvalue weighted by Crippen LogP contribution is -2.33. The van der Waals surface area contributed by atoms with Crippen molar-refractivity contribution in [2.45, 2.75) is 46.3 Å². The first kappa shape index (κ1) is 29.1. The summed E-state index contributed by atoms with van der Waals surface area (Å²) in [5.41, 5.74) is 13.9. The van der Waals surface area contributed by atoms with Gasteiger partial charge in [-0.1, -0.05) is 74.5 Å². The van der Waals surface area contributed by atoms with Crippen molar-refractivity contribution in [3.05, 3.63) is 139 Å². The number of H-pyrrole nitrogens is 1. The molecule has 0 atom stereocenters. The second-order valence-electron chi connectivity index (χ2n) is 13.1. The minimum absolute atomic E-state index is 0.858. The molecule has 5 nitrogen and oxygen atoms in total. The van der Waals surface area contributed by atoms with Crippen molar-refractivity contribution < 1.29 is 9.47 Å². The summed E-state index contributed by atoms with van der Waals surface area (Å²) in [5.74, 6) is -1.11. The van der Waals surface area contributed by atoms with Crippen LogP contribution in [0.1, 0.15) is 66.5 Å². The van der Waals surface area contributed by atoms with Crippen LogP contribution < -0.4 is 5.35 Å². The second-order valence-corrected chi connectivity index (χ2v) is 13.1. The molecule has 0 saturated carbocycles. The topological polar surface area (TPSA) is 59.5 Å². The number of aromatic nitrogens is 2. The van der Waals surface area contributed by atoms with Crippen molar-refractivity contribution in [3.8, 4) is 0 Å². The molecule has 0 radical (unpaired) electrons. The van der Waals surface area contributed by atoms with E-state index in [4.69, 9.17) is 19.5 Å². The molecule has 0 fully saturated rings. The van der Waals surface area contributed by atoms with E-state index in [1.807, 2.05) is 0 Å². The van der Waals surface area contributed by atoms with Gasteiger partial charge in [-0.05, 0) is 106 Å². The predicted molar refractivity (Wildman–Crippen MR) is 197 cm³/mol. The van der Waals surface area contributed by atoms with Gasteiger partial charge in [-0.3, -0.25) is 0 Å². The number of nitrogens with one attached hydrogen (secondary N) is 1. The van der Waals surface area contributed by atoms with Gasteiger partial charge in [-0.2, -0.15) is 0 Å². The molecule has 4 aromatic rings. The number of rotatable bonds is 4. The van der Waals surface area contributed by atoms with Gasteiger partial charge in [0, 0.05) is 47.2 Å². The molecule has 236 valence electrons. The van der Waals surface area contributed by atoms with Crippen LogP contribution in [0.25, 0.3) is 50.9 Å². The molecule has 48 heavy (non-hydrogen) atoms. The van der Waals surface area contributed by atoms with E-state index in [1.165, 1.54) is 48.7 Å². The highest BCUT2D eigenvalue weighted by Gasteiger charge is 2.48. The summed E-state index contributed by atoms with van der Waals surface area (Å²) in [7, 11) is 3.46. The van der Waals surface area contributed by atoms with Gasteiger partial charge >= 0.3 is 0 Å². The first-order chi connectivity index (χ1) is 23.4. The Kier molecular flexibility index (Phi) is 6.33. The highest BCUT2D eigenvalue weighted by atomic mass is 16.7. The summed E-state index contributed by atoms with van der Waals surface area (Å²) in [6, 6.07) is 21.7. The molecule has 3 aliphatic heterocycles. The number of aromatic amines is 1. The molecule has 0 unspecified atom stereocenters. The monoisotopic (exact) mass is 627 g/mol. The Bertz CT molecular complexity index is 2620. The zero-order valence-corrected chi connectivity index (χ0v) is 28.2. The van der Waals surface area contributed by atoms with Crippen LogP contribution in [0.3, 0.4) is 0 Å². The Morgan fingerprint density at radius 3 is 2.08 bits per heavy atom. The van der Waals surface area contributed by atoms with Crippen LogP contribution in [0, 0.1) is 17.4 Å². The highest BCUT2D eigenvalue weighted by molar-refractivity contribution is 6.19. The van der Waals surface area contributed by atoms with Crippen molar-refractivity contribution in [2.24, 2.45) is 4.99 Å². The predicted octanol–water partition coefficient (Wildman–Crippen LogP) is 8.76. The van der Waals surface area contributed by atoms with Gasteiger partial charge in [-0.25, -0.2) is 9.98 Å². The standard InChI is InChI=1S/C43H37N3O2/c1-7-26-23(3)34-19-32-28-15-9-10-16-29(28)33(43(32,47-5)48-6)20-35-24(4)27(8-2)37(45-35)22-39-42-31-18-12-14-25-13-11-17-30(40(25)31)41(42)38(46-39)21-36(26)44-34/h9-22,44H,7-8H2,1-6H3. The van der Waals surface area contributed by atoms with Gasteiger partial charge in [0.05, 0.1) is 22.5 Å². The van der Waals surface area contributed by atoms with E-state index >= 15 is 0 Å². The Labute approximate surface area is 279 Å². The summed E-state index contributed by atoms with van der Waals surface area (Å²) in [4.78, 5) is 14.6. The summed E-state index contributed by atoms with van der Waals surface area (Å²) >= 11 is 0. The lowest BCUT2D eigenvalue weighted by Gasteiger charge is -2.30. The van der Waals surface area contributed by atoms with Crippen molar-refractivity contribution in [2.75, 3.05) is 14.2 Å². The molecule has 4 heterocycles. The smallest absolute Gasteiger partial charge is 0.223 e. The molecule has 0 saturated heterocycles. The van der Waals surface area contributed by atoms with Gasteiger partial charge in [0.25, 0.3) is 0 Å². The average molecular weight is 628 g/mol. The Balaban J connectivity index is 1.47. The number of fused-ring (bicyclic) bond motifs is 14. The van der Waals surface area contributed by atoms with Crippen LogP contribution in [0.4, 0.5) is 0 Å². The van der Waals surface area contributed by atoms with E-state index in [0.717, 1.165) is 74.5 Å². The highest BCUT2D eigenvalue weighted by Crippen LogP contribution is 2.52. The van der Waals surface area contributed by atoms with Gasteiger partial charge in [-0.15, -0.1) is 0 Å². The van der Waals surface area contributed by atoms with E-state index in [9.17, 15) is 0 Å². The molecule has 0 spiro atoms. The summed E-state index contributed by atoms with van der Waals surface area (Å²) < 4.78 is 12.8. The number of methoxy groups -OCH3 is 2. The quantitative estimate of drug-likeness (QED) is 0.199. The van der Waals surface area contributed by atoms with E-state index in [0.29, 0.717) is 0 Å². The maximum atomic E-state index is 6.40. The second kappa shape index (κ2) is 10.4. The van der Waals surface area contributed by atoms with E-state index in [1.54, 1.807) is 14.2 Å². The van der Waals surface area contributed by atoms with Gasteiger partial charge in [0.1, 0.15) is 0 Å². The van der Waals surface area contributed by atoms with Crippen LogP contribution in [0.15, 0.2) is 88.6 Å². The molecular weight excluding hydrogens is 590 g/mol. The van der Waals surface area contributed by atoms with Crippen molar-refractivity contribution in [3.63, 3.8) is 0 Å². The largest absolute Gasteiger partial charge is 0.355 e. The maximum absolute atomic E-state index is 6.40. The van der Waals surface area contributed by atoms with Crippen molar-refractivity contribution in [1.29, 1.82) is 0 Å². The first-order valence-electron chi connectivity index (χ1n) is 16.9. The molecule has 9 rings (SSSR count). The molecular formula is C43H37N3O2. The number of hydrogen-bond donors (Lipinski definition) is 1. The fraction of sp³-hybridized carbons (Fsp3) is 0.209. The number of hydrogen-bond acceptors (Lipinski definition) is 4. The average Bonchev–Trinajstić information content (AvgIpc) is 3.86. The molecule has 5 heteroatoms. The minimum atomic E-state index is -1.11. The van der Waals surface area contributed by atoms with Crippen molar-refractivity contribution >= 4 is 56.6 Å².